The van der Waals surface area contributed by atoms with Crippen molar-refractivity contribution in [2.45, 2.75) is 12.5 Å². The first-order valence-corrected chi connectivity index (χ1v) is 12.2. The standard InChI is InChI=1S/C26H24ClNO4S/c1-33-16-15-23(28-25(30)21-11-13-22(27)14-12-21)26(31)32-17-24(29)20-9-7-19(8-10-20)18-5-3-2-4-6-18/h2-14,23H,15-17H2,1H3,(H,28,30)/t23-/m0/s1. The van der Waals surface area contributed by atoms with Gasteiger partial charge in [-0.15, -0.1) is 0 Å². The number of ketones is 1. The maximum Gasteiger partial charge on any atom is 0.329 e. The zero-order valence-electron chi connectivity index (χ0n) is 18.1. The Balaban J connectivity index is 1.59. The van der Waals surface area contributed by atoms with Crippen molar-refractivity contribution >= 4 is 41.0 Å². The number of hydrogen-bond acceptors (Lipinski definition) is 5. The average Bonchev–Trinajstić information content (AvgIpc) is 2.85. The van der Waals surface area contributed by atoms with Gasteiger partial charge in [0.15, 0.2) is 12.4 Å². The Morgan fingerprint density at radius 3 is 2.12 bits per heavy atom. The predicted molar refractivity (Wildman–Crippen MR) is 133 cm³/mol. The average molecular weight is 482 g/mol. The molecule has 0 heterocycles. The fourth-order valence-electron chi connectivity index (χ4n) is 3.13. The summed E-state index contributed by atoms with van der Waals surface area (Å²) in [6.07, 6.45) is 2.30. The number of halogens is 1. The van der Waals surface area contributed by atoms with Gasteiger partial charge in [-0.05, 0) is 53.8 Å². The number of carbonyl (C=O) groups excluding carboxylic acids is 3. The molecule has 0 saturated carbocycles. The highest BCUT2D eigenvalue weighted by Crippen LogP contribution is 2.19. The second-order valence-electron chi connectivity index (χ2n) is 7.29. The third kappa shape index (κ3) is 7.20. The first-order chi connectivity index (χ1) is 16.0. The molecule has 7 heteroatoms. The summed E-state index contributed by atoms with van der Waals surface area (Å²) in [6, 6.07) is 22.5. The monoisotopic (exact) mass is 481 g/mol. The summed E-state index contributed by atoms with van der Waals surface area (Å²) in [4.78, 5) is 37.7. The summed E-state index contributed by atoms with van der Waals surface area (Å²) in [5.74, 6) is -0.705. The van der Waals surface area contributed by atoms with Crippen molar-refractivity contribution in [2.24, 2.45) is 0 Å². The third-order valence-electron chi connectivity index (χ3n) is 4.97. The van der Waals surface area contributed by atoms with E-state index in [-0.39, 0.29) is 5.78 Å². The number of thioether (sulfide) groups is 1. The van der Waals surface area contributed by atoms with Crippen LogP contribution in [0.2, 0.25) is 5.02 Å². The lowest BCUT2D eigenvalue weighted by molar-refractivity contribution is -0.144. The van der Waals surface area contributed by atoms with Gasteiger partial charge >= 0.3 is 5.97 Å². The van der Waals surface area contributed by atoms with Crippen LogP contribution in [0.3, 0.4) is 0 Å². The molecule has 170 valence electrons. The highest BCUT2D eigenvalue weighted by atomic mass is 35.5. The van der Waals surface area contributed by atoms with Crippen molar-refractivity contribution in [1.82, 2.24) is 5.32 Å². The molecule has 0 unspecified atom stereocenters. The number of benzene rings is 3. The van der Waals surface area contributed by atoms with Crippen LogP contribution in [0.1, 0.15) is 27.1 Å². The largest absolute Gasteiger partial charge is 0.456 e. The minimum absolute atomic E-state index is 0.310. The Labute approximate surface area is 202 Å². The maximum absolute atomic E-state index is 12.6. The molecule has 0 aliphatic rings. The van der Waals surface area contributed by atoms with E-state index in [1.807, 2.05) is 48.7 Å². The molecule has 0 saturated heterocycles. The molecule has 3 aromatic carbocycles. The summed E-state index contributed by atoms with van der Waals surface area (Å²) < 4.78 is 5.25. The van der Waals surface area contributed by atoms with Crippen molar-refractivity contribution in [1.29, 1.82) is 0 Å². The van der Waals surface area contributed by atoms with E-state index < -0.39 is 24.5 Å². The molecule has 0 aliphatic heterocycles. The molecule has 1 amide bonds. The molecule has 0 aromatic heterocycles. The van der Waals surface area contributed by atoms with Crippen molar-refractivity contribution in [2.75, 3.05) is 18.6 Å². The van der Waals surface area contributed by atoms with E-state index in [2.05, 4.69) is 5.32 Å². The fraction of sp³-hybridized carbons (Fsp3) is 0.192. The van der Waals surface area contributed by atoms with E-state index in [9.17, 15) is 14.4 Å². The molecular formula is C26H24ClNO4S. The summed E-state index contributed by atoms with van der Waals surface area (Å²) in [5, 5.41) is 3.21. The smallest absolute Gasteiger partial charge is 0.329 e. The number of hydrogen-bond donors (Lipinski definition) is 1. The van der Waals surface area contributed by atoms with Crippen LogP contribution in [0.5, 0.6) is 0 Å². The molecule has 5 nitrogen and oxygen atoms in total. The number of ether oxygens (including phenoxy) is 1. The Morgan fingerprint density at radius 2 is 1.48 bits per heavy atom. The number of rotatable bonds is 10. The number of carbonyl (C=O) groups is 3. The van der Waals surface area contributed by atoms with Crippen LogP contribution in [-0.2, 0) is 9.53 Å². The summed E-state index contributed by atoms with van der Waals surface area (Å²) in [5.41, 5.74) is 2.88. The zero-order chi connectivity index (χ0) is 23.6. The van der Waals surface area contributed by atoms with Gasteiger partial charge in [-0.2, -0.15) is 11.8 Å². The van der Waals surface area contributed by atoms with Crippen LogP contribution < -0.4 is 5.32 Å². The van der Waals surface area contributed by atoms with E-state index >= 15 is 0 Å². The molecular weight excluding hydrogens is 458 g/mol. The van der Waals surface area contributed by atoms with Gasteiger partial charge in [0.05, 0.1) is 0 Å². The van der Waals surface area contributed by atoms with Gasteiger partial charge in [-0.3, -0.25) is 9.59 Å². The second-order valence-corrected chi connectivity index (χ2v) is 8.71. The Bertz CT molecular complexity index is 1090. The molecule has 3 aromatic rings. The van der Waals surface area contributed by atoms with Gasteiger partial charge in [0.25, 0.3) is 5.91 Å². The highest BCUT2D eigenvalue weighted by Gasteiger charge is 2.23. The van der Waals surface area contributed by atoms with E-state index in [1.54, 1.807) is 48.2 Å². The lowest BCUT2D eigenvalue weighted by atomic mass is 10.0. The molecule has 0 spiro atoms. The van der Waals surface area contributed by atoms with Gasteiger partial charge < -0.3 is 10.1 Å². The first kappa shape index (κ1) is 24.6. The normalized spacial score (nSPS) is 11.5. The fourth-order valence-corrected chi connectivity index (χ4v) is 3.72. The lowest BCUT2D eigenvalue weighted by Gasteiger charge is -2.17. The number of esters is 1. The topological polar surface area (TPSA) is 72.5 Å². The van der Waals surface area contributed by atoms with Crippen molar-refractivity contribution in [3.05, 3.63) is 95.0 Å². The zero-order valence-corrected chi connectivity index (χ0v) is 19.7. The van der Waals surface area contributed by atoms with Crippen LogP contribution in [0.15, 0.2) is 78.9 Å². The van der Waals surface area contributed by atoms with Gasteiger partial charge in [-0.1, -0.05) is 66.2 Å². The van der Waals surface area contributed by atoms with E-state index in [0.717, 1.165) is 11.1 Å². The second kappa shape index (κ2) is 12.2. The van der Waals surface area contributed by atoms with Crippen LogP contribution in [0, 0.1) is 0 Å². The minimum Gasteiger partial charge on any atom is -0.456 e. The summed E-state index contributed by atoms with van der Waals surface area (Å²) >= 11 is 7.41. The number of Topliss-reactive ketones (excluding diaryl/α,β-unsaturated/α-hetero) is 1. The molecule has 0 aliphatic carbocycles. The van der Waals surface area contributed by atoms with E-state index in [0.29, 0.717) is 28.3 Å². The van der Waals surface area contributed by atoms with Crippen LogP contribution in [0.4, 0.5) is 0 Å². The summed E-state index contributed by atoms with van der Waals surface area (Å²) in [7, 11) is 0. The molecule has 0 radical (unpaired) electrons. The molecule has 1 N–H and O–H groups in total. The molecule has 0 bridgehead atoms. The van der Waals surface area contributed by atoms with Crippen LogP contribution >= 0.6 is 23.4 Å². The van der Waals surface area contributed by atoms with Gasteiger partial charge in [-0.25, -0.2) is 4.79 Å². The predicted octanol–water partition coefficient (Wildman–Crippen LogP) is 5.28. The Morgan fingerprint density at radius 1 is 0.879 bits per heavy atom. The SMILES string of the molecule is CSCC[C@H](NC(=O)c1ccc(Cl)cc1)C(=O)OCC(=O)c1ccc(-c2ccccc2)cc1. The van der Waals surface area contributed by atoms with Crippen LogP contribution in [-0.4, -0.2) is 42.3 Å². The number of nitrogens with one attached hydrogen (secondary N) is 1. The van der Waals surface area contributed by atoms with Crippen molar-refractivity contribution < 1.29 is 19.1 Å². The van der Waals surface area contributed by atoms with Crippen molar-refractivity contribution in [3.63, 3.8) is 0 Å². The van der Waals surface area contributed by atoms with E-state index in [4.69, 9.17) is 16.3 Å². The number of amides is 1. The van der Waals surface area contributed by atoms with Crippen molar-refractivity contribution in [3.8, 4) is 11.1 Å². The quantitative estimate of drug-likeness (QED) is 0.315. The Kier molecular flexibility index (Phi) is 9.10. The first-order valence-electron chi connectivity index (χ1n) is 10.4. The van der Waals surface area contributed by atoms with Crippen LogP contribution in [0.25, 0.3) is 11.1 Å². The Hall–Kier alpha value is -3.09. The van der Waals surface area contributed by atoms with Gasteiger partial charge in [0, 0.05) is 16.1 Å². The van der Waals surface area contributed by atoms with E-state index in [1.165, 1.54) is 0 Å². The molecule has 1 atom stereocenters. The molecule has 3 rings (SSSR count). The minimum atomic E-state index is -0.853. The third-order valence-corrected chi connectivity index (χ3v) is 5.86. The maximum atomic E-state index is 12.6. The van der Waals surface area contributed by atoms with Gasteiger partial charge in [0.2, 0.25) is 0 Å². The molecule has 33 heavy (non-hydrogen) atoms. The molecule has 0 fully saturated rings. The highest BCUT2D eigenvalue weighted by molar-refractivity contribution is 7.98. The summed E-state index contributed by atoms with van der Waals surface area (Å²) in [6.45, 7) is -0.393. The van der Waals surface area contributed by atoms with Gasteiger partial charge in [0.1, 0.15) is 6.04 Å². The lowest BCUT2D eigenvalue weighted by Crippen LogP contribution is -2.42.